The quantitative estimate of drug-likeness (QED) is 0.439. The van der Waals surface area contributed by atoms with Gasteiger partial charge in [-0.2, -0.15) is 0 Å². The molecular formula is C11H13NO4. The second kappa shape index (κ2) is 7.30. The summed E-state index contributed by atoms with van der Waals surface area (Å²) >= 11 is 0. The minimum atomic E-state index is -1.57. The topological polar surface area (TPSA) is 97.5 Å². The van der Waals surface area contributed by atoms with E-state index in [1.807, 2.05) is 0 Å². The van der Waals surface area contributed by atoms with Gasteiger partial charge in [-0.05, 0) is 7.05 Å². The summed E-state index contributed by atoms with van der Waals surface area (Å²) in [7, 11) is 1.50. The van der Waals surface area contributed by atoms with Crippen LogP contribution < -0.4 is 5.73 Å². The number of carbonyl (C=O) groups is 3. The molecule has 0 bridgehead atoms. The number of hydrogen-bond acceptors (Lipinski definition) is 4. The third-order valence-electron chi connectivity index (χ3n) is 1.66. The SMILES string of the molecule is CN.O=C(O)C(=O)CC(=O)c1ccccc1. The van der Waals surface area contributed by atoms with Crippen molar-refractivity contribution in [1.29, 1.82) is 0 Å². The van der Waals surface area contributed by atoms with Gasteiger partial charge in [-0.15, -0.1) is 0 Å². The molecule has 0 radical (unpaired) electrons. The molecule has 1 aromatic carbocycles. The summed E-state index contributed by atoms with van der Waals surface area (Å²) in [5.74, 6) is -3.13. The van der Waals surface area contributed by atoms with Crippen molar-refractivity contribution in [3.8, 4) is 0 Å². The van der Waals surface area contributed by atoms with Crippen LogP contribution >= 0.6 is 0 Å². The van der Waals surface area contributed by atoms with E-state index in [0.717, 1.165) is 0 Å². The Kier molecular flexibility index (Phi) is 6.39. The fourth-order valence-corrected chi connectivity index (χ4v) is 0.948. The number of nitrogens with two attached hydrogens (primary N) is 1. The molecule has 3 N–H and O–H groups in total. The maximum atomic E-state index is 11.3. The zero-order chi connectivity index (χ0) is 12.6. The lowest BCUT2D eigenvalue weighted by molar-refractivity contribution is -0.148. The van der Waals surface area contributed by atoms with Gasteiger partial charge in [-0.1, -0.05) is 30.3 Å². The highest BCUT2D eigenvalue weighted by molar-refractivity contribution is 6.37. The molecule has 0 aliphatic carbocycles. The van der Waals surface area contributed by atoms with Crippen LogP contribution in [0.4, 0.5) is 0 Å². The van der Waals surface area contributed by atoms with Crippen molar-refractivity contribution in [2.45, 2.75) is 6.42 Å². The Morgan fingerprint density at radius 3 is 2.06 bits per heavy atom. The highest BCUT2D eigenvalue weighted by Crippen LogP contribution is 2.03. The Labute approximate surface area is 92.9 Å². The predicted octanol–water partition coefficient (Wildman–Crippen LogP) is 0.488. The lowest BCUT2D eigenvalue weighted by atomic mass is 10.1. The first-order valence-electron chi connectivity index (χ1n) is 4.53. The minimum Gasteiger partial charge on any atom is -0.475 e. The van der Waals surface area contributed by atoms with Gasteiger partial charge in [0.15, 0.2) is 5.78 Å². The molecule has 1 aromatic rings. The van der Waals surface area contributed by atoms with Crippen molar-refractivity contribution in [3.05, 3.63) is 35.9 Å². The number of carboxylic acids is 1. The molecule has 1 rings (SSSR count). The van der Waals surface area contributed by atoms with Gasteiger partial charge in [-0.25, -0.2) is 4.79 Å². The summed E-state index contributed by atoms with van der Waals surface area (Å²) < 4.78 is 0. The second-order valence-electron chi connectivity index (χ2n) is 2.69. The summed E-state index contributed by atoms with van der Waals surface area (Å²) in [6.45, 7) is 0. The largest absolute Gasteiger partial charge is 0.475 e. The zero-order valence-electron chi connectivity index (χ0n) is 8.84. The number of benzene rings is 1. The van der Waals surface area contributed by atoms with Gasteiger partial charge >= 0.3 is 5.97 Å². The van der Waals surface area contributed by atoms with E-state index in [2.05, 4.69) is 5.73 Å². The Morgan fingerprint density at radius 2 is 1.62 bits per heavy atom. The highest BCUT2D eigenvalue weighted by Gasteiger charge is 2.17. The van der Waals surface area contributed by atoms with Gasteiger partial charge in [0.05, 0.1) is 6.42 Å². The summed E-state index contributed by atoms with van der Waals surface area (Å²) in [5, 5.41) is 8.28. The average molecular weight is 223 g/mol. The van der Waals surface area contributed by atoms with E-state index in [4.69, 9.17) is 5.11 Å². The van der Waals surface area contributed by atoms with Crippen LogP contribution in [0.5, 0.6) is 0 Å². The van der Waals surface area contributed by atoms with E-state index in [9.17, 15) is 14.4 Å². The van der Waals surface area contributed by atoms with E-state index in [1.165, 1.54) is 19.2 Å². The van der Waals surface area contributed by atoms with E-state index in [0.29, 0.717) is 5.56 Å². The van der Waals surface area contributed by atoms with Crippen molar-refractivity contribution < 1.29 is 19.5 Å². The molecule has 0 atom stereocenters. The van der Waals surface area contributed by atoms with Crippen molar-refractivity contribution >= 4 is 17.5 Å². The van der Waals surface area contributed by atoms with Crippen LogP contribution in [-0.4, -0.2) is 29.7 Å². The van der Waals surface area contributed by atoms with Crippen molar-refractivity contribution in [1.82, 2.24) is 0 Å². The predicted molar refractivity (Wildman–Crippen MR) is 58.1 cm³/mol. The monoisotopic (exact) mass is 223 g/mol. The Morgan fingerprint density at radius 1 is 1.12 bits per heavy atom. The van der Waals surface area contributed by atoms with Crippen LogP contribution in [0.15, 0.2) is 30.3 Å². The Hall–Kier alpha value is -2.01. The van der Waals surface area contributed by atoms with Crippen LogP contribution in [0.3, 0.4) is 0 Å². The number of rotatable bonds is 4. The van der Waals surface area contributed by atoms with Gasteiger partial charge in [0.1, 0.15) is 0 Å². The van der Waals surface area contributed by atoms with Gasteiger partial charge in [0.25, 0.3) is 0 Å². The lowest BCUT2D eigenvalue weighted by Crippen LogP contribution is -2.17. The number of aliphatic carboxylic acids is 1. The molecule has 5 heteroatoms. The zero-order valence-corrected chi connectivity index (χ0v) is 8.84. The summed E-state index contributed by atoms with van der Waals surface area (Å²) in [4.78, 5) is 32.1. The number of Topliss-reactive ketones (excluding diaryl/α,β-unsaturated/α-hetero) is 2. The lowest BCUT2D eigenvalue weighted by Gasteiger charge is -1.96. The first-order valence-corrected chi connectivity index (χ1v) is 4.53. The smallest absolute Gasteiger partial charge is 0.372 e. The fourth-order valence-electron chi connectivity index (χ4n) is 0.948. The Balaban J connectivity index is 0.00000106. The molecule has 0 heterocycles. The molecule has 0 spiro atoms. The van der Waals surface area contributed by atoms with Gasteiger partial charge in [0.2, 0.25) is 5.78 Å². The third kappa shape index (κ3) is 4.47. The molecule has 0 aliphatic rings. The molecule has 0 saturated carbocycles. The molecule has 0 saturated heterocycles. The maximum Gasteiger partial charge on any atom is 0.372 e. The van der Waals surface area contributed by atoms with Crippen LogP contribution in [0.25, 0.3) is 0 Å². The molecule has 0 aromatic heterocycles. The van der Waals surface area contributed by atoms with E-state index in [-0.39, 0.29) is 0 Å². The van der Waals surface area contributed by atoms with Crippen LogP contribution in [0.1, 0.15) is 16.8 Å². The maximum absolute atomic E-state index is 11.3. The van der Waals surface area contributed by atoms with E-state index >= 15 is 0 Å². The minimum absolute atomic E-state index is 0.349. The van der Waals surface area contributed by atoms with E-state index in [1.54, 1.807) is 18.2 Å². The fraction of sp³-hybridized carbons (Fsp3) is 0.182. The first kappa shape index (κ1) is 14.0. The molecule has 16 heavy (non-hydrogen) atoms. The molecule has 0 amide bonds. The average Bonchev–Trinajstić information content (AvgIpc) is 2.32. The number of hydrogen-bond donors (Lipinski definition) is 2. The van der Waals surface area contributed by atoms with Gasteiger partial charge in [-0.3, -0.25) is 9.59 Å². The van der Waals surface area contributed by atoms with Crippen molar-refractivity contribution in [2.24, 2.45) is 5.73 Å². The molecule has 0 fully saturated rings. The molecule has 5 nitrogen and oxygen atoms in total. The summed E-state index contributed by atoms with van der Waals surface area (Å²) in [6.07, 6.45) is -0.584. The number of carbonyl (C=O) groups excluding carboxylic acids is 2. The second-order valence-corrected chi connectivity index (χ2v) is 2.69. The first-order chi connectivity index (χ1) is 7.61. The van der Waals surface area contributed by atoms with Crippen LogP contribution in [0, 0.1) is 0 Å². The molecular weight excluding hydrogens is 210 g/mol. The highest BCUT2D eigenvalue weighted by atomic mass is 16.4. The van der Waals surface area contributed by atoms with Gasteiger partial charge in [0, 0.05) is 5.56 Å². The van der Waals surface area contributed by atoms with Crippen molar-refractivity contribution in [2.75, 3.05) is 7.05 Å². The number of ketones is 2. The van der Waals surface area contributed by atoms with Gasteiger partial charge < -0.3 is 10.8 Å². The molecule has 0 aliphatic heterocycles. The third-order valence-corrected chi connectivity index (χ3v) is 1.66. The molecule has 86 valence electrons. The van der Waals surface area contributed by atoms with Crippen LogP contribution in [0.2, 0.25) is 0 Å². The van der Waals surface area contributed by atoms with Crippen LogP contribution in [-0.2, 0) is 9.59 Å². The Bertz CT molecular complexity index is 373. The van der Waals surface area contributed by atoms with Crippen molar-refractivity contribution in [3.63, 3.8) is 0 Å². The van der Waals surface area contributed by atoms with E-state index < -0.39 is 24.0 Å². The summed E-state index contributed by atoms with van der Waals surface area (Å²) in [5.41, 5.74) is 4.85. The standard InChI is InChI=1S/C10H8O4.CH5N/c11-8(6-9(12)10(13)14)7-4-2-1-3-5-7;1-2/h1-5H,6H2,(H,13,14);2H2,1H3. The summed E-state index contributed by atoms with van der Waals surface area (Å²) in [6, 6.07) is 8.11. The molecule has 0 unspecified atom stereocenters. The normalized spacial score (nSPS) is 8.62. The number of carboxylic acid groups (broad SMARTS) is 1.